The quantitative estimate of drug-likeness (QED) is 0.662. The van der Waals surface area contributed by atoms with E-state index in [9.17, 15) is 4.79 Å². The zero-order chi connectivity index (χ0) is 9.84. The van der Waals surface area contributed by atoms with Gasteiger partial charge in [-0.05, 0) is 12.1 Å². The predicted molar refractivity (Wildman–Crippen MR) is 56.4 cm³/mol. The first-order valence-electron chi connectivity index (χ1n) is 3.87. The van der Waals surface area contributed by atoms with E-state index in [1.807, 2.05) is 24.3 Å². The lowest BCUT2D eigenvalue weighted by Gasteiger charge is -2.12. The smallest absolute Gasteiger partial charge is 0.321 e. The summed E-state index contributed by atoms with van der Waals surface area (Å²) < 4.78 is 0. The molecule has 0 aliphatic carbocycles. The minimum absolute atomic E-state index is 0.151. The zero-order valence-electron chi connectivity index (χ0n) is 7.61. The molecule has 1 rings (SSSR count). The highest BCUT2D eigenvalue weighted by Crippen LogP contribution is 2.18. The van der Waals surface area contributed by atoms with Crippen LogP contribution in [0.3, 0.4) is 0 Å². The molecule has 1 aromatic carbocycles. The van der Waals surface area contributed by atoms with Crippen LogP contribution in [0.2, 0.25) is 0 Å². The molecule has 1 aromatic rings. The Morgan fingerprint density at radius 3 is 2.54 bits per heavy atom. The van der Waals surface area contributed by atoms with E-state index in [0.717, 1.165) is 10.6 Å². The Balaban J connectivity index is 2.75. The summed E-state index contributed by atoms with van der Waals surface area (Å²) >= 11 is 4.21. The molecule has 2 amide bonds. The minimum atomic E-state index is -0.151. The van der Waals surface area contributed by atoms with Gasteiger partial charge in [-0.1, -0.05) is 12.1 Å². The van der Waals surface area contributed by atoms with Crippen LogP contribution < -0.4 is 5.32 Å². The summed E-state index contributed by atoms with van der Waals surface area (Å²) in [6.45, 7) is 0. The summed E-state index contributed by atoms with van der Waals surface area (Å²) in [5.74, 6) is 0. The first-order valence-corrected chi connectivity index (χ1v) is 4.32. The minimum Gasteiger partial charge on any atom is -0.331 e. The SMILES string of the molecule is CN(C)C(=O)Nc1ccccc1S. The van der Waals surface area contributed by atoms with Gasteiger partial charge in [0, 0.05) is 19.0 Å². The fourth-order valence-electron chi connectivity index (χ4n) is 0.806. The van der Waals surface area contributed by atoms with Gasteiger partial charge in [-0.15, -0.1) is 12.6 Å². The molecule has 70 valence electrons. The van der Waals surface area contributed by atoms with E-state index in [4.69, 9.17) is 0 Å². The van der Waals surface area contributed by atoms with E-state index < -0.39 is 0 Å². The van der Waals surface area contributed by atoms with Gasteiger partial charge in [0.2, 0.25) is 0 Å². The van der Waals surface area contributed by atoms with E-state index in [-0.39, 0.29) is 6.03 Å². The van der Waals surface area contributed by atoms with E-state index in [1.54, 1.807) is 14.1 Å². The molecule has 0 atom stereocenters. The Hall–Kier alpha value is -1.16. The van der Waals surface area contributed by atoms with Crippen LogP contribution >= 0.6 is 12.6 Å². The molecule has 0 aliphatic heterocycles. The molecule has 4 heteroatoms. The molecule has 0 aromatic heterocycles. The number of carbonyl (C=O) groups excluding carboxylic acids is 1. The van der Waals surface area contributed by atoms with Crippen molar-refractivity contribution in [3.8, 4) is 0 Å². The van der Waals surface area contributed by atoms with Crippen LogP contribution in [-0.2, 0) is 0 Å². The number of para-hydroxylation sites is 1. The molecule has 0 saturated heterocycles. The van der Waals surface area contributed by atoms with Crippen LogP contribution in [0, 0.1) is 0 Å². The third kappa shape index (κ3) is 2.66. The maximum Gasteiger partial charge on any atom is 0.321 e. The zero-order valence-corrected chi connectivity index (χ0v) is 8.51. The average Bonchev–Trinajstić information content (AvgIpc) is 2.08. The molecule has 0 saturated carbocycles. The molecule has 0 radical (unpaired) electrons. The summed E-state index contributed by atoms with van der Waals surface area (Å²) in [6, 6.07) is 7.21. The van der Waals surface area contributed by atoms with Crippen molar-refractivity contribution in [3.05, 3.63) is 24.3 Å². The van der Waals surface area contributed by atoms with Crippen LogP contribution in [0.4, 0.5) is 10.5 Å². The number of carbonyl (C=O) groups is 1. The Bertz CT molecular complexity index is 312. The Labute approximate surface area is 83.2 Å². The third-order valence-electron chi connectivity index (χ3n) is 1.55. The molecular weight excluding hydrogens is 184 g/mol. The first-order chi connectivity index (χ1) is 6.11. The van der Waals surface area contributed by atoms with E-state index >= 15 is 0 Å². The van der Waals surface area contributed by atoms with Crippen molar-refractivity contribution in [2.24, 2.45) is 0 Å². The van der Waals surface area contributed by atoms with Crippen molar-refractivity contribution in [2.75, 3.05) is 19.4 Å². The highest BCUT2D eigenvalue weighted by Gasteiger charge is 2.04. The van der Waals surface area contributed by atoms with Crippen LogP contribution in [0.25, 0.3) is 0 Å². The fourth-order valence-corrected chi connectivity index (χ4v) is 1.02. The number of amides is 2. The number of nitrogens with zero attached hydrogens (tertiary/aromatic N) is 1. The van der Waals surface area contributed by atoms with Gasteiger partial charge in [-0.25, -0.2) is 4.79 Å². The van der Waals surface area contributed by atoms with Gasteiger partial charge in [-0.3, -0.25) is 0 Å². The summed E-state index contributed by atoms with van der Waals surface area (Å²) in [5.41, 5.74) is 0.726. The number of urea groups is 1. The van der Waals surface area contributed by atoms with Gasteiger partial charge >= 0.3 is 6.03 Å². The highest BCUT2D eigenvalue weighted by molar-refractivity contribution is 7.80. The number of anilines is 1. The summed E-state index contributed by atoms with van der Waals surface area (Å²) in [7, 11) is 3.38. The number of hydrogen-bond acceptors (Lipinski definition) is 2. The monoisotopic (exact) mass is 196 g/mol. The normalized spacial score (nSPS) is 9.46. The molecule has 13 heavy (non-hydrogen) atoms. The van der Waals surface area contributed by atoms with Crippen molar-refractivity contribution in [2.45, 2.75) is 4.90 Å². The molecule has 0 bridgehead atoms. The van der Waals surface area contributed by atoms with Gasteiger partial charge in [0.05, 0.1) is 5.69 Å². The van der Waals surface area contributed by atoms with E-state index in [1.165, 1.54) is 4.90 Å². The largest absolute Gasteiger partial charge is 0.331 e. The lowest BCUT2D eigenvalue weighted by Crippen LogP contribution is -2.27. The van der Waals surface area contributed by atoms with Crippen molar-refractivity contribution < 1.29 is 4.79 Å². The van der Waals surface area contributed by atoms with E-state index in [2.05, 4.69) is 17.9 Å². The maximum absolute atomic E-state index is 11.2. The summed E-state index contributed by atoms with van der Waals surface area (Å²) in [5, 5.41) is 2.72. The van der Waals surface area contributed by atoms with E-state index in [0.29, 0.717) is 0 Å². The maximum atomic E-state index is 11.2. The van der Waals surface area contributed by atoms with Crippen molar-refractivity contribution in [1.29, 1.82) is 0 Å². The Morgan fingerprint density at radius 2 is 2.00 bits per heavy atom. The second-order valence-electron chi connectivity index (χ2n) is 2.84. The van der Waals surface area contributed by atoms with Crippen LogP contribution in [-0.4, -0.2) is 25.0 Å². The van der Waals surface area contributed by atoms with Gasteiger partial charge in [0.1, 0.15) is 0 Å². The molecule has 3 nitrogen and oxygen atoms in total. The lowest BCUT2D eigenvalue weighted by atomic mass is 10.3. The number of thiol groups is 1. The molecule has 0 unspecified atom stereocenters. The first kappa shape index (κ1) is 9.92. The number of hydrogen-bond donors (Lipinski definition) is 2. The van der Waals surface area contributed by atoms with Crippen LogP contribution in [0.5, 0.6) is 0 Å². The van der Waals surface area contributed by atoms with Crippen molar-refractivity contribution in [3.63, 3.8) is 0 Å². The average molecular weight is 196 g/mol. The third-order valence-corrected chi connectivity index (χ3v) is 1.94. The van der Waals surface area contributed by atoms with Gasteiger partial charge in [0.15, 0.2) is 0 Å². The van der Waals surface area contributed by atoms with Gasteiger partial charge in [0.25, 0.3) is 0 Å². The predicted octanol–water partition coefficient (Wildman–Crippen LogP) is 2.07. The Kier molecular flexibility index (Phi) is 3.19. The number of rotatable bonds is 1. The second kappa shape index (κ2) is 4.18. The number of nitrogens with one attached hydrogen (secondary N) is 1. The molecule has 0 fully saturated rings. The van der Waals surface area contributed by atoms with Crippen molar-refractivity contribution >= 4 is 24.3 Å². The molecule has 0 spiro atoms. The summed E-state index contributed by atoms with van der Waals surface area (Å²) in [6.07, 6.45) is 0. The molecular formula is C9H12N2OS. The van der Waals surface area contributed by atoms with Crippen molar-refractivity contribution in [1.82, 2.24) is 4.90 Å². The topological polar surface area (TPSA) is 32.3 Å². The van der Waals surface area contributed by atoms with Crippen LogP contribution in [0.15, 0.2) is 29.2 Å². The number of benzene rings is 1. The summed E-state index contributed by atoms with van der Waals surface area (Å²) in [4.78, 5) is 13.5. The molecule has 1 N–H and O–H groups in total. The highest BCUT2D eigenvalue weighted by atomic mass is 32.1. The Morgan fingerprint density at radius 1 is 1.38 bits per heavy atom. The molecule has 0 heterocycles. The second-order valence-corrected chi connectivity index (χ2v) is 3.32. The van der Waals surface area contributed by atoms with Gasteiger partial charge in [-0.2, -0.15) is 0 Å². The van der Waals surface area contributed by atoms with Gasteiger partial charge < -0.3 is 10.2 Å². The standard InChI is InChI=1S/C9H12N2OS/c1-11(2)9(12)10-7-5-3-4-6-8(7)13/h3-6,13H,1-2H3,(H,10,12). The van der Waals surface area contributed by atoms with Crippen LogP contribution in [0.1, 0.15) is 0 Å². The lowest BCUT2D eigenvalue weighted by molar-refractivity contribution is 0.230. The molecule has 0 aliphatic rings. The fraction of sp³-hybridized carbons (Fsp3) is 0.222.